The number of nitrogens with zero attached hydrogens (tertiary/aromatic N) is 4. The summed E-state index contributed by atoms with van der Waals surface area (Å²) in [5.74, 6) is 0.258. The Labute approximate surface area is 145 Å². The molecule has 1 amide bonds. The second kappa shape index (κ2) is 6.25. The lowest BCUT2D eigenvalue weighted by atomic mass is 10.0. The van der Waals surface area contributed by atoms with Crippen molar-refractivity contribution in [1.82, 2.24) is 9.88 Å². The van der Waals surface area contributed by atoms with Gasteiger partial charge in [0.25, 0.3) is 0 Å². The fraction of sp³-hybridized carbons (Fsp3) is 0.389. The Morgan fingerprint density at radius 2 is 2.29 bits per heavy atom. The van der Waals surface area contributed by atoms with Gasteiger partial charge in [0.1, 0.15) is 6.07 Å². The van der Waals surface area contributed by atoms with Gasteiger partial charge in [-0.2, -0.15) is 5.26 Å². The van der Waals surface area contributed by atoms with Crippen LogP contribution in [0.15, 0.2) is 29.8 Å². The molecule has 5 nitrogen and oxygen atoms in total. The summed E-state index contributed by atoms with van der Waals surface area (Å²) in [6.07, 6.45) is 3.44. The van der Waals surface area contributed by atoms with Crippen LogP contribution in [0.2, 0.25) is 0 Å². The van der Waals surface area contributed by atoms with Crippen LogP contribution in [0.25, 0.3) is 0 Å². The van der Waals surface area contributed by atoms with Gasteiger partial charge in [-0.05, 0) is 42.0 Å². The van der Waals surface area contributed by atoms with Gasteiger partial charge in [0, 0.05) is 37.3 Å². The van der Waals surface area contributed by atoms with Crippen molar-refractivity contribution in [2.45, 2.75) is 19.4 Å². The zero-order chi connectivity index (χ0) is 16.5. The number of carbonyl (C=O) groups is 1. The number of anilines is 1. The number of hydrogen-bond acceptors (Lipinski definition) is 5. The molecule has 4 heterocycles. The SMILES string of the molecule is N#Cc1ncccc1N1CCC(C(=O)N2CCc3sccc3C2)C1. The van der Waals surface area contributed by atoms with Crippen LogP contribution < -0.4 is 4.90 Å². The molecule has 1 unspecified atom stereocenters. The van der Waals surface area contributed by atoms with Gasteiger partial charge in [-0.25, -0.2) is 4.98 Å². The molecule has 6 heteroatoms. The Morgan fingerprint density at radius 3 is 3.17 bits per heavy atom. The zero-order valence-corrected chi connectivity index (χ0v) is 14.1. The molecule has 1 atom stereocenters. The lowest BCUT2D eigenvalue weighted by Crippen LogP contribution is -2.40. The Hall–Kier alpha value is -2.39. The van der Waals surface area contributed by atoms with Crippen molar-refractivity contribution in [2.24, 2.45) is 5.92 Å². The maximum Gasteiger partial charge on any atom is 0.227 e. The van der Waals surface area contributed by atoms with Crippen molar-refractivity contribution in [2.75, 3.05) is 24.5 Å². The molecular formula is C18H18N4OS. The molecule has 4 rings (SSSR count). The molecule has 1 saturated heterocycles. The molecule has 2 aromatic rings. The van der Waals surface area contributed by atoms with Gasteiger partial charge in [0.05, 0.1) is 11.6 Å². The largest absolute Gasteiger partial charge is 0.368 e. The zero-order valence-electron chi connectivity index (χ0n) is 13.3. The van der Waals surface area contributed by atoms with Gasteiger partial charge < -0.3 is 9.80 Å². The minimum atomic E-state index is 0.0111. The first kappa shape index (κ1) is 15.2. The molecule has 0 bridgehead atoms. The van der Waals surface area contributed by atoms with Crippen molar-refractivity contribution < 1.29 is 4.79 Å². The quantitative estimate of drug-likeness (QED) is 0.844. The van der Waals surface area contributed by atoms with Crippen LogP contribution in [0.4, 0.5) is 5.69 Å². The summed E-state index contributed by atoms with van der Waals surface area (Å²) in [7, 11) is 0. The van der Waals surface area contributed by atoms with E-state index in [4.69, 9.17) is 0 Å². The molecular weight excluding hydrogens is 320 g/mol. The standard InChI is InChI=1S/C18H18N4OS/c19-10-15-16(2-1-6-20-15)21-7-3-14(12-21)18(23)22-8-4-17-13(11-22)5-9-24-17/h1-2,5-6,9,14H,3-4,7-8,11-12H2. The van der Waals surface area contributed by atoms with Crippen LogP contribution >= 0.6 is 11.3 Å². The molecule has 2 aromatic heterocycles. The lowest BCUT2D eigenvalue weighted by Gasteiger charge is -2.29. The van der Waals surface area contributed by atoms with Crippen LogP contribution in [-0.4, -0.2) is 35.4 Å². The molecule has 0 aliphatic carbocycles. The van der Waals surface area contributed by atoms with E-state index in [2.05, 4.69) is 27.4 Å². The highest BCUT2D eigenvalue weighted by molar-refractivity contribution is 7.10. The van der Waals surface area contributed by atoms with E-state index < -0.39 is 0 Å². The van der Waals surface area contributed by atoms with Crippen LogP contribution in [0.1, 0.15) is 22.6 Å². The van der Waals surface area contributed by atoms with E-state index in [0.29, 0.717) is 12.2 Å². The Morgan fingerprint density at radius 1 is 1.38 bits per heavy atom. The summed E-state index contributed by atoms with van der Waals surface area (Å²) in [6.45, 7) is 3.03. The summed E-state index contributed by atoms with van der Waals surface area (Å²) < 4.78 is 0. The van der Waals surface area contributed by atoms with Gasteiger partial charge in [-0.3, -0.25) is 4.79 Å². The molecule has 0 radical (unpaired) electrons. The molecule has 0 saturated carbocycles. The van der Waals surface area contributed by atoms with Crippen molar-refractivity contribution in [3.8, 4) is 6.07 Å². The Bertz CT molecular complexity index is 809. The maximum absolute atomic E-state index is 12.9. The van der Waals surface area contributed by atoms with E-state index in [1.165, 1.54) is 10.4 Å². The number of thiophene rings is 1. The second-order valence-electron chi connectivity index (χ2n) is 6.29. The van der Waals surface area contributed by atoms with E-state index in [1.54, 1.807) is 17.5 Å². The van der Waals surface area contributed by atoms with E-state index in [9.17, 15) is 10.1 Å². The normalized spacial score (nSPS) is 19.9. The average Bonchev–Trinajstić information content (AvgIpc) is 3.29. The number of carbonyl (C=O) groups excluding carboxylic acids is 1. The molecule has 2 aliphatic rings. The Kier molecular flexibility index (Phi) is 3.95. The highest BCUT2D eigenvalue weighted by Crippen LogP contribution is 2.29. The topological polar surface area (TPSA) is 60.2 Å². The van der Waals surface area contributed by atoms with Crippen molar-refractivity contribution in [1.29, 1.82) is 5.26 Å². The van der Waals surface area contributed by atoms with Crippen LogP contribution in [-0.2, 0) is 17.8 Å². The van der Waals surface area contributed by atoms with E-state index in [-0.39, 0.29) is 11.8 Å². The number of fused-ring (bicyclic) bond motifs is 1. The van der Waals surface area contributed by atoms with Gasteiger partial charge in [-0.15, -0.1) is 11.3 Å². The minimum Gasteiger partial charge on any atom is -0.368 e. The van der Waals surface area contributed by atoms with Crippen molar-refractivity contribution in [3.05, 3.63) is 45.9 Å². The number of amides is 1. The van der Waals surface area contributed by atoms with E-state index in [1.807, 2.05) is 17.0 Å². The number of rotatable bonds is 2. The molecule has 122 valence electrons. The van der Waals surface area contributed by atoms with Crippen molar-refractivity contribution in [3.63, 3.8) is 0 Å². The summed E-state index contributed by atoms with van der Waals surface area (Å²) in [5.41, 5.74) is 2.58. The molecule has 0 spiro atoms. The third kappa shape index (κ3) is 2.65. The third-order valence-electron chi connectivity index (χ3n) is 4.89. The van der Waals surface area contributed by atoms with Gasteiger partial charge in [-0.1, -0.05) is 0 Å². The lowest BCUT2D eigenvalue weighted by molar-refractivity contribution is -0.135. The summed E-state index contributed by atoms with van der Waals surface area (Å²) in [4.78, 5) is 22.5. The monoisotopic (exact) mass is 338 g/mol. The minimum absolute atomic E-state index is 0.0111. The molecule has 0 aromatic carbocycles. The third-order valence-corrected chi connectivity index (χ3v) is 5.91. The molecule has 24 heavy (non-hydrogen) atoms. The predicted molar refractivity (Wildman–Crippen MR) is 92.7 cm³/mol. The number of nitriles is 1. The molecule has 2 aliphatic heterocycles. The smallest absolute Gasteiger partial charge is 0.227 e. The first-order valence-corrected chi connectivity index (χ1v) is 9.08. The first-order valence-electron chi connectivity index (χ1n) is 8.20. The van der Waals surface area contributed by atoms with Crippen LogP contribution in [0, 0.1) is 17.2 Å². The van der Waals surface area contributed by atoms with E-state index >= 15 is 0 Å². The highest BCUT2D eigenvalue weighted by Gasteiger charge is 2.33. The fourth-order valence-corrected chi connectivity index (χ4v) is 4.50. The van der Waals surface area contributed by atoms with Crippen LogP contribution in [0.5, 0.6) is 0 Å². The van der Waals surface area contributed by atoms with Gasteiger partial charge >= 0.3 is 0 Å². The molecule has 0 N–H and O–H groups in total. The number of hydrogen-bond donors (Lipinski definition) is 0. The predicted octanol–water partition coefficient (Wildman–Crippen LogP) is 2.43. The summed E-state index contributed by atoms with van der Waals surface area (Å²) in [5, 5.41) is 11.3. The maximum atomic E-state index is 12.9. The Balaban J connectivity index is 1.45. The molecule has 1 fully saturated rings. The summed E-state index contributed by atoms with van der Waals surface area (Å²) in [6, 6.07) is 8.03. The van der Waals surface area contributed by atoms with E-state index in [0.717, 1.165) is 38.2 Å². The number of aromatic nitrogens is 1. The summed E-state index contributed by atoms with van der Waals surface area (Å²) >= 11 is 1.79. The van der Waals surface area contributed by atoms with Crippen LogP contribution in [0.3, 0.4) is 0 Å². The van der Waals surface area contributed by atoms with Crippen molar-refractivity contribution >= 4 is 22.9 Å². The fourth-order valence-electron chi connectivity index (χ4n) is 3.61. The van der Waals surface area contributed by atoms with Gasteiger partial charge in [0.2, 0.25) is 5.91 Å². The second-order valence-corrected chi connectivity index (χ2v) is 7.29. The highest BCUT2D eigenvalue weighted by atomic mass is 32.1. The first-order chi connectivity index (χ1) is 11.8. The number of pyridine rings is 1. The van der Waals surface area contributed by atoms with Gasteiger partial charge in [0.15, 0.2) is 5.69 Å². The average molecular weight is 338 g/mol.